The molecule has 0 rings (SSSR count). The topological polar surface area (TPSA) is 66.4 Å². The molecule has 0 aromatic carbocycles. The molecule has 0 saturated carbocycles. The summed E-state index contributed by atoms with van der Waals surface area (Å²) < 4.78 is 0. The van der Waals surface area contributed by atoms with Crippen LogP contribution < -0.4 is 5.32 Å². The van der Waals surface area contributed by atoms with Crippen LogP contribution in [0.5, 0.6) is 0 Å². The number of hydrogen-bond donors (Lipinski definition) is 2. The number of rotatable bonds is 7. The van der Waals surface area contributed by atoms with E-state index in [4.69, 9.17) is 5.11 Å². The molecule has 100 valence electrons. The molecule has 0 bridgehead atoms. The maximum Gasteiger partial charge on any atom is 0.310 e. The van der Waals surface area contributed by atoms with E-state index in [1.165, 1.54) is 0 Å². The predicted octanol–water partition coefficient (Wildman–Crippen LogP) is 2.29. The van der Waals surface area contributed by atoms with Crippen LogP contribution in [-0.4, -0.2) is 23.5 Å². The van der Waals surface area contributed by atoms with Crippen LogP contribution in [0.1, 0.15) is 47.5 Å². The van der Waals surface area contributed by atoms with Gasteiger partial charge in [-0.25, -0.2) is 0 Å². The van der Waals surface area contributed by atoms with Crippen molar-refractivity contribution in [3.05, 3.63) is 0 Å². The lowest BCUT2D eigenvalue weighted by Crippen LogP contribution is -2.39. The van der Waals surface area contributed by atoms with Crippen LogP contribution in [0.3, 0.4) is 0 Å². The fourth-order valence-electron chi connectivity index (χ4n) is 1.67. The first-order valence-electron chi connectivity index (χ1n) is 6.15. The molecule has 0 saturated heterocycles. The number of carbonyl (C=O) groups is 2. The lowest BCUT2D eigenvalue weighted by atomic mass is 9.93. The average Bonchev–Trinajstić information content (AvgIpc) is 2.13. The van der Waals surface area contributed by atoms with Crippen LogP contribution in [0.15, 0.2) is 0 Å². The van der Waals surface area contributed by atoms with Gasteiger partial charge in [0.2, 0.25) is 5.91 Å². The van der Waals surface area contributed by atoms with Crippen molar-refractivity contribution in [3.63, 3.8) is 0 Å². The molecule has 1 atom stereocenters. The van der Waals surface area contributed by atoms with Crippen LogP contribution in [0.4, 0.5) is 0 Å². The number of aliphatic carboxylic acids is 1. The summed E-state index contributed by atoms with van der Waals surface area (Å²) in [6.07, 6.45) is 1.48. The molecule has 0 heterocycles. The summed E-state index contributed by atoms with van der Waals surface area (Å²) in [6, 6.07) is 0. The molecule has 0 aliphatic carbocycles. The van der Waals surface area contributed by atoms with Crippen molar-refractivity contribution >= 4 is 11.9 Å². The minimum absolute atomic E-state index is 0.0625. The van der Waals surface area contributed by atoms with Gasteiger partial charge < -0.3 is 10.4 Å². The van der Waals surface area contributed by atoms with Crippen LogP contribution in [0.2, 0.25) is 0 Å². The highest BCUT2D eigenvalue weighted by atomic mass is 16.4. The Kier molecular flexibility index (Phi) is 6.21. The fourth-order valence-corrected chi connectivity index (χ4v) is 1.67. The summed E-state index contributed by atoms with van der Waals surface area (Å²) in [4.78, 5) is 22.5. The van der Waals surface area contributed by atoms with Crippen LogP contribution in [-0.2, 0) is 9.59 Å². The first-order valence-corrected chi connectivity index (χ1v) is 6.15. The van der Waals surface area contributed by atoms with Crippen molar-refractivity contribution in [2.24, 2.45) is 17.3 Å². The largest absolute Gasteiger partial charge is 0.481 e. The molecule has 0 fully saturated rings. The molecule has 2 N–H and O–H groups in total. The molecule has 1 amide bonds. The van der Waals surface area contributed by atoms with Gasteiger partial charge in [0.05, 0.1) is 5.41 Å². The van der Waals surface area contributed by atoms with Gasteiger partial charge in [-0.05, 0) is 32.1 Å². The zero-order valence-electron chi connectivity index (χ0n) is 11.5. The quantitative estimate of drug-likeness (QED) is 0.721. The number of hydrogen-bond acceptors (Lipinski definition) is 2. The van der Waals surface area contributed by atoms with Crippen molar-refractivity contribution in [1.29, 1.82) is 0 Å². The van der Waals surface area contributed by atoms with Gasteiger partial charge in [-0.2, -0.15) is 0 Å². The maximum atomic E-state index is 11.6. The second-order valence-corrected chi connectivity index (χ2v) is 5.90. The van der Waals surface area contributed by atoms with E-state index in [1.807, 2.05) is 6.92 Å². The van der Waals surface area contributed by atoms with E-state index in [0.717, 1.165) is 6.42 Å². The summed E-state index contributed by atoms with van der Waals surface area (Å²) in [7, 11) is 0. The Labute approximate surface area is 104 Å². The maximum absolute atomic E-state index is 11.6. The lowest BCUT2D eigenvalue weighted by molar-refractivity contribution is -0.146. The highest BCUT2D eigenvalue weighted by molar-refractivity contribution is 5.78. The lowest BCUT2D eigenvalue weighted by Gasteiger charge is -2.20. The Morgan fingerprint density at radius 1 is 1.24 bits per heavy atom. The standard InChI is InChI=1S/C13H25NO3/c1-9(2)6-10(3)7-11(15)14-8-13(4,5)12(16)17/h9-10H,6-8H2,1-5H3,(H,14,15)(H,16,17). The van der Waals surface area contributed by atoms with Crippen molar-refractivity contribution in [2.45, 2.75) is 47.5 Å². The SMILES string of the molecule is CC(C)CC(C)CC(=O)NCC(C)(C)C(=O)O. The average molecular weight is 243 g/mol. The van der Waals surface area contributed by atoms with Gasteiger partial charge in [0.1, 0.15) is 0 Å². The monoisotopic (exact) mass is 243 g/mol. The molecule has 0 aliphatic heterocycles. The number of carbonyl (C=O) groups excluding carboxylic acids is 1. The van der Waals surface area contributed by atoms with Gasteiger partial charge in [0.15, 0.2) is 0 Å². The van der Waals surface area contributed by atoms with Crippen LogP contribution >= 0.6 is 0 Å². The molecular formula is C13H25NO3. The van der Waals surface area contributed by atoms with E-state index in [1.54, 1.807) is 13.8 Å². The van der Waals surface area contributed by atoms with Crippen LogP contribution in [0, 0.1) is 17.3 Å². The first kappa shape index (κ1) is 15.9. The molecule has 4 nitrogen and oxygen atoms in total. The zero-order valence-corrected chi connectivity index (χ0v) is 11.5. The third-order valence-electron chi connectivity index (χ3n) is 2.71. The van der Waals surface area contributed by atoms with E-state index in [9.17, 15) is 9.59 Å². The third-order valence-corrected chi connectivity index (χ3v) is 2.71. The van der Waals surface area contributed by atoms with Crippen molar-refractivity contribution in [2.75, 3.05) is 6.54 Å². The van der Waals surface area contributed by atoms with Crippen molar-refractivity contribution < 1.29 is 14.7 Å². The van der Waals surface area contributed by atoms with Gasteiger partial charge in [-0.15, -0.1) is 0 Å². The second-order valence-electron chi connectivity index (χ2n) is 5.90. The third kappa shape index (κ3) is 6.97. The van der Waals surface area contributed by atoms with Gasteiger partial charge in [-0.3, -0.25) is 9.59 Å². The first-order chi connectivity index (χ1) is 7.65. The van der Waals surface area contributed by atoms with Gasteiger partial charge in [-0.1, -0.05) is 20.8 Å². The zero-order chi connectivity index (χ0) is 13.6. The van der Waals surface area contributed by atoms with Crippen molar-refractivity contribution in [3.8, 4) is 0 Å². The van der Waals surface area contributed by atoms with E-state index in [0.29, 0.717) is 18.3 Å². The van der Waals surface area contributed by atoms with Gasteiger partial charge in [0, 0.05) is 13.0 Å². The van der Waals surface area contributed by atoms with Gasteiger partial charge >= 0.3 is 5.97 Å². The Morgan fingerprint density at radius 3 is 2.18 bits per heavy atom. The smallest absolute Gasteiger partial charge is 0.310 e. The summed E-state index contributed by atoms with van der Waals surface area (Å²) in [5.74, 6) is -0.0447. The Hall–Kier alpha value is -1.06. The predicted molar refractivity (Wildman–Crippen MR) is 67.7 cm³/mol. The number of nitrogens with one attached hydrogen (secondary N) is 1. The second kappa shape index (κ2) is 6.62. The highest BCUT2D eigenvalue weighted by Crippen LogP contribution is 2.16. The fraction of sp³-hybridized carbons (Fsp3) is 0.846. The number of amides is 1. The summed E-state index contributed by atoms with van der Waals surface area (Å²) in [5, 5.41) is 11.6. The minimum Gasteiger partial charge on any atom is -0.481 e. The van der Waals surface area contributed by atoms with E-state index in [2.05, 4.69) is 19.2 Å². The number of carboxylic acid groups (broad SMARTS) is 1. The molecule has 4 heteroatoms. The normalized spacial score (nSPS) is 13.5. The minimum atomic E-state index is -0.906. The molecule has 0 radical (unpaired) electrons. The number of carboxylic acids is 1. The van der Waals surface area contributed by atoms with E-state index in [-0.39, 0.29) is 12.5 Å². The Balaban J connectivity index is 4.00. The van der Waals surface area contributed by atoms with Crippen molar-refractivity contribution in [1.82, 2.24) is 5.32 Å². The summed E-state index contributed by atoms with van der Waals surface area (Å²) >= 11 is 0. The molecule has 1 unspecified atom stereocenters. The molecule has 17 heavy (non-hydrogen) atoms. The Morgan fingerprint density at radius 2 is 1.76 bits per heavy atom. The van der Waals surface area contributed by atoms with Gasteiger partial charge in [0.25, 0.3) is 0 Å². The highest BCUT2D eigenvalue weighted by Gasteiger charge is 2.27. The molecule has 0 aromatic rings. The molecule has 0 spiro atoms. The van der Waals surface area contributed by atoms with Crippen LogP contribution in [0.25, 0.3) is 0 Å². The van der Waals surface area contributed by atoms with E-state index >= 15 is 0 Å². The Bertz CT molecular complexity index is 272. The molecule has 0 aromatic heterocycles. The summed E-state index contributed by atoms with van der Waals surface area (Å²) in [6.45, 7) is 9.68. The molecule has 0 aliphatic rings. The molecular weight excluding hydrogens is 218 g/mol. The van der Waals surface area contributed by atoms with E-state index < -0.39 is 11.4 Å². The summed E-state index contributed by atoms with van der Waals surface area (Å²) in [5.41, 5.74) is -0.906.